The minimum absolute atomic E-state index is 0.881. The van der Waals surface area contributed by atoms with Crippen LogP contribution >= 0.6 is 0 Å². The number of rotatable bonds is 17. The van der Waals surface area contributed by atoms with Crippen LogP contribution in [0.4, 0.5) is 0 Å². The third-order valence-corrected chi connectivity index (χ3v) is 4.84. The van der Waals surface area contributed by atoms with E-state index in [0.29, 0.717) is 0 Å². The molecule has 0 N–H and O–H groups in total. The fourth-order valence-electron chi connectivity index (χ4n) is 3.20. The topological polar surface area (TPSA) is 3.24 Å². The molecule has 0 saturated heterocycles. The third kappa shape index (κ3) is 18.1. The molecule has 140 valence electrons. The Morgan fingerprint density at radius 3 is 1.30 bits per heavy atom. The van der Waals surface area contributed by atoms with Crippen molar-refractivity contribution < 1.29 is 0 Å². The van der Waals surface area contributed by atoms with Crippen LogP contribution in [0, 0.1) is 11.8 Å². The van der Waals surface area contributed by atoms with Gasteiger partial charge in [0.05, 0.1) is 0 Å². The van der Waals surface area contributed by atoms with Crippen molar-refractivity contribution in [2.45, 2.75) is 112 Å². The highest BCUT2D eigenvalue weighted by molar-refractivity contribution is 4.60. The summed E-state index contributed by atoms with van der Waals surface area (Å²) in [6.45, 7) is 15.7. The van der Waals surface area contributed by atoms with Crippen molar-refractivity contribution in [1.82, 2.24) is 4.90 Å². The average molecular weight is 326 g/mol. The minimum atomic E-state index is 0.881. The Bertz CT molecular complexity index is 202. The summed E-state index contributed by atoms with van der Waals surface area (Å²) in [6.07, 6.45) is 17.0. The van der Waals surface area contributed by atoms with Crippen LogP contribution in [-0.4, -0.2) is 24.5 Å². The standard InChI is InChI=1S/C22H47N/c1-6-7-18-23(19-14-10-8-12-16-21(2)3)20-15-11-9-13-17-22(4)5/h21-22H,6-20H2,1-5H3. The third-order valence-electron chi connectivity index (χ3n) is 4.84. The highest BCUT2D eigenvalue weighted by Crippen LogP contribution is 2.12. The zero-order chi connectivity index (χ0) is 17.3. The van der Waals surface area contributed by atoms with Gasteiger partial charge in [-0.1, -0.05) is 92.4 Å². The second-order valence-electron chi connectivity index (χ2n) is 8.39. The van der Waals surface area contributed by atoms with Gasteiger partial charge in [0.2, 0.25) is 0 Å². The first-order chi connectivity index (χ1) is 11.1. The predicted octanol–water partition coefficient (Wildman–Crippen LogP) is 7.30. The Hall–Kier alpha value is -0.0400. The van der Waals surface area contributed by atoms with Crippen LogP contribution < -0.4 is 0 Å². The van der Waals surface area contributed by atoms with E-state index in [2.05, 4.69) is 39.5 Å². The molecule has 0 heterocycles. The molecule has 0 atom stereocenters. The van der Waals surface area contributed by atoms with Gasteiger partial charge in [0.15, 0.2) is 0 Å². The molecule has 0 aromatic heterocycles. The molecule has 0 radical (unpaired) electrons. The summed E-state index contributed by atoms with van der Waals surface area (Å²) in [5.74, 6) is 1.76. The van der Waals surface area contributed by atoms with Gasteiger partial charge in [-0.05, 0) is 50.7 Å². The van der Waals surface area contributed by atoms with Gasteiger partial charge in [-0.3, -0.25) is 0 Å². The highest BCUT2D eigenvalue weighted by atomic mass is 15.1. The Kier molecular flexibility index (Phi) is 16.8. The summed E-state index contributed by atoms with van der Waals surface area (Å²) in [4.78, 5) is 2.74. The van der Waals surface area contributed by atoms with Crippen molar-refractivity contribution in [3.8, 4) is 0 Å². The molecule has 0 unspecified atom stereocenters. The molecule has 1 nitrogen and oxygen atoms in total. The van der Waals surface area contributed by atoms with E-state index in [0.717, 1.165) is 11.8 Å². The molecule has 0 aliphatic rings. The first-order valence-electron chi connectivity index (χ1n) is 10.8. The van der Waals surface area contributed by atoms with E-state index in [1.54, 1.807) is 0 Å². The molecular weight excluding hydrogens is 278 g/mol. The zero-order valence-corrected chi connectivity index (χ0v) is 17.2. The summed E-state index contributed by atoms with van der Waals surface area (Å²) in [7, 11) is 0. The van der Waals surface area contributed by atoms with Crippen LogP contribution in [0.5, 0.6) is 0 Å². The maximum Gasteiger partial charge on any atom is -0.00187 e. The lowest BCUT2D eigenvalue weighted by Crippen LogP contribution is -2.27. The van der Waals surface area contributed by atoms with Crippen LogP contribution in [0.2, 0.25) is 0 Å². The number of hydrogen-bond acceptors (Lipinski definition) is 1. The molecule has 0 spiro atoms. The van der Waals surface area contributed by atoms with E-state index in [4.69, 9.17) is 0 Å². The van der Waals surface area contributed by atoms with Crippen LogP contribution in [-0.2, 0) is 0 Å². The maximum atomic E-state index is 2.74. The van der Waals surface area contributed by atoms with Gasteiger partial charge in [-0.15, -0.1) is 0 Å². The van der Waals surface area contributed by atoms with Crippen molar-refractivity contribution in [1.29, 1.82) is 0 Å². The van der Waals surface area contributed by atoms with Crippen LogP contribution in [0.25, 0.3) is 0 Å². The smallest absolute Gasteiger partial charge is 0.00187 e. The first-order valence-corrected chi connectivity index (χ1v) is 10.8. The summed E-state index contributed by atoms with van der Waals surface area (Å²) in [6, 6.07) is 0. The molecule has 0 bridgehead atoms. The normalized spacial score (nSPS) is 12.0. The van der Waals surface area contributed by atoms with Gasteiger partial charge in [-0.25, -0.2) is 0 Å². The quantitative estimate of drug-likeness (QED) is 0.253. The Morgan fingerprint density at radius 2 is 0.913 bits per heavy atom. The van der Waals surface area contributed by atoms with E-state index >= 15 is 0 Å². The van der Waals surface area contributed by atoms with E-state index in [1.165, 1.54) is 96.7 Å². The second-order valence-corrected chi connectivity index (χ2v) is 8.39. The molecule has 0 rings (SSSR count). The van der Waals surface area contributed by atoms with Gasteiger partial charge < -0.3 is 4.90 Å². The lowest BCUT2D eigenvalue weighted by Gasteiger charge is -2.22. The molecule has 1 heteroatoms. The van der Waals surface area contributed by atoms with Crippen LogP contribution in [0.15, 0.2) is 0 Å². The molecule has 23 heavy (non-hydrogen) atoms. The summed E-state index contributed by atoms with van der Waals surface area (Å²) in [5, 5.41) is 0. The number of hydrogen-bond donors (Lipinski definition) is 0. The second kappa shape index (κ2) is 16.8. The largest absolute Gasteiger partial charge is 0.303 e. The van der Waals surface area contributed by atoms with Crippen molar-refractivity contribution in [2.75, 3.05) is 19.6 Å². The minimum Gasteiger partial charge on any atom is -0.303 e. The SMILES string of the molecule is CCCCN(CCCCCCC(C)C)CCCCCCC(C)C. The van der Waals surface area contributed by atoms with E-state index in [1.807, 2.05) is 0 Å². The number of nitrogens with zero attached hydrogens (tertiary/aromatic N) is 1. The fraction of sp³-hybridized carbons (Fsp3) is 1.00. The molecule has 0 fully saturated rings. The maximum absolute atomic E-state index is 2.74. The molecule has 0 aliphatic carbocycles. The summed E-state index contributed by atoms with van der Waals surface area (Å²) >= 11 is 0. The van der Waals surface area contributed by atoms with Gasteiger partial charge >= 0.3 is 0 Å². The van der Waals surface area contributed by atoms with E-state index < -0.39 is 0 Å². The lowest BCUT2D eigenvalue weighted by atomic mass is 10.0. The summed E-state index contributed by atoms with van der Waals surface area (Å²) in [5.41, 5.74) is 0. The van der Waals surface area contributed by atoms with E-state index in [-0.39, 0.29) is 0 Å². The highest BCUT2D eigenvalue weighted by Gasteiger charge is 2.04. The van der Waals surface area contributed by atoms with Gasteiger partial charge in [0.25, 0.3) is 0 Å². The zero-order valence-electron chi connectivity index (χ0n) is 17.2. The van der Waals surface area contributed by atoms with E-state index in [9.17, 15) is 0 Å². The van der Waals surface area contributed by atoms with Crippen molar-refractivity contribution in [2.24, 2.45) is 11.8 Å². The van der Waals surface area contributed by atoms with Gasteiger partial charge in [0.1, 0.15) is 0 Å². The first kappa shape index (κ1) is 23.0. The van der Waals surface area contributed by atoms with Crippen molar-refractivity contribution in [3.05, 3.63) is 0 Å². The fourth-order valence-corrected chi connectivity index (χ4v) is 3.20. The van der Waals surface area contributed by atoms with Crippen LogP contribution in [0.3, 0.4) is 0 Å². The number of unbranched alkanes of at least 4 members (excludes halogenated alkanes) is 7. The monoisotopic (exact) mass is 325 g/mol. The van der Waals surface area contributed by atoms with Crippen molar-refractivity contribution in [3.63, 3.8) is 0 Å². The lowest BCUT2D eigenvalue weighted by molar-refractivity contribution is 0.256. The molecule has 0 aliphatic heterocycles. The van der Waals surface area contributed by atoms with Crippen molar-refractivity contribution >= 4 is 0 Å². The van der Waals surface area contributed by atoms with Crippen LogP contribution in [0.1, 0.15) is 112 Å². The summed E-state index contributed by atoms with van der Waals surface area (Å²) < 4.78 is 0. The molecular formula is C22H47N. The van der Waals surface area contributed by atoms with Gasteiger partial charge in [0, 0.05) is 0 Å². The Balaban J connectivity index is 3.63. The van der Waals surface area contributed by atoms with Gasteiger partial charge in [-0.2, -0.15) is 0 Å². The predicted molar refractivity (Wildman–Crippen MR) is 107 cm³/mol. The Labute approximate surface area is 148 Å². The Morgan fingerprint density at radius 1 is 0.522 bits per heavy atom. The molecule has 0 amide bonds. The molecule has 0 aromatic rings. The average Bonchev–Trinajstić information content (AvgIpc) is 2.50. The molecule has 0 aromatic carbocycles. The molecule has 0 saturated carbocycles.